The van der Waals surface area contributed by atoms with Crippen molar-refractivity contribution in [2.75, 3.05) is 18.5 Å². The van der Waals surface area contributed by atoms with Gasteiger partial charge in [0, 0.05) is 5.69 Å². The first kappa shape index (κ1) is 15.5. The molecule has 1 fully saturated rings. The quantitative estimate of drug-likeness (QED) is 0.797. The number of rotatable bonds is 3. The van der Waals surface area contributed by atoms with Gasteiger partial charge in [-0.1, -0.05) is 11.6 Å². The van der Waals surface area contributed by atoms with Gasteiger partial charge in [0.15, 0.2) is 0 Å². The molecule has 1 aromatic rings. The average molecular weight is 317 g/mol. The van der Waals surface area contributed by atoms with Crippen LogP contribution in [-0.2, 0) is 9.53 Å². The van der Waals surface area contributed by atoms with Crippen LogP contribution in [0.25, 0.3) is 0 Å². The number of halogens is 2. The molecule has 0 aromatic heterocycles. The van der Waals surface area contributed by atoms with E-state index in [2.05, 4.69) is 10.6 Å². The first-order chi connectivity index (χ1) is 9.83. The molecule has 1 heterocycles. The van der Waals surface area contributed by atoms with E-state index < -0.39 is 29.3 Å². The zero-order valence-electron chi connectivity index (χ0n) is 11.2. The first-order valence-corrected chi connectivity index (χ1v) is 6.54. The number of nitrogens with one attached hydrogen (secondary N) is 2. The lowest BCUT2D eigenvalue weighted by atomic mass is 9.85. The molecule has 6 nitrogen and oxygen atoms in total. The largest absolute Gasteiger partial charge is 0.481 e. The van der Waals surface area contributed by atoms with Gasteiger partial charge in [-0.15, -0.1) is 0 Å². The van der Waals surface area contributed by atoms with Gasteiger partial charge in [-0.2, -0.15) is 0 Å². The molecule has 8 heteroatoms. The van der Waals surface area contributed by atoms with Crippen molar-refractivity contribution in [1.82, 2.24) is 5.32 Å². The highest BCUT2D eigenvalue weighted by Crippen LogP contribution is 2.28. The summed E-state index contributed by atoms with van der Waals surface area (Å²) in [6, 6.07) is 2.51. The van der Waals surface area contributed by atoms with E-state index >= 15 is 0 Å². The van der Waals surface area contributed by atoms with Crippen molar-refractivity contribution >= 4 is 29.3 Å². The number of carbonyl (C=O) groups is 2. The fourth-order valence-electron chi connectivity index (χ4n) is 1.98. The van der Waals surface area contributed by atoms with Crippen LogP contribution < -0.4 is 10.6 Å². The fourth-order valence-corrected chi connectivity index (χ4v) is 2.10. The average Bonchev–Trinajstić information content (AvgIpc) is 2.77. The lowest BCUT2D eigenvalue weighted by molar-refractivity contribution is -0.148. The minimum absolute atomic E-state index is 0.0167. The second-order valence-electron chi connectivity index (χ2n) is 5.02. The fraction of sp³-hybridized carbons (Fsp3) is 0.385. The number of benzene rings is 1. The van der Waals surface area contributed by atoms with Crippen LogP contribution in [0.15, 0.2) is 18.2 Å². The van der Waals surface area contributed by atoms with E-state index in [4.69, 9.17) is 16.3 Å². The molecule has 1 aromatic carbocycles. The Morgan fingerprint density at radius 2 is 2.24 bits per heavy atom. The van der Waals surface area contributed by atoms with Crippen molar-refractivity contribution in [2.45, 2.75) is 13.0 Å². The molecule has 0 radical (unpaired) electrons. The summed E-state index contributed by atoms with van der Waals surface area (Å²) in [5.74, 6) is -1.71. The van der Waals surface area contributed by atoms with Crippen molar-refractivity contribution in [3.63, 3.8) is 0 Å². The minimum atomic E-state index is -1.19. The van der Waals surface area contributed by atoms with E-state index in [0.29, 0.717) is 0 Å². The monoisotopic (exact) mass is 316 g/mol. The molecule has 0 aliphatic carbocycles. The topological polar surface area (TPSA) is 87.7 Å². The number of aliphatic carboxylic acids is 1. The van der Waals surface area contributed by atoms with E-state index in [1.807, 2.05) is 0 Å². The van der Waals surface area contributed by atoms with Gasteiger partial charge in [-0.3, -0.25) is 4.79 Å². The smallest absolute Gasteiger partial charge is 0.319 e. The van der Waals surface area contributed by atoms with E-state index in [1.165, 1.54) is 19.1 Å². The molecule has 2 rings (SSSR count). The van der Waals surface area contributed by atoms with Gasteiger partial charge in [-0.25, -0.2) is 9.18 Å². The summed E-state index contributed by atoms with van der Waals surface area (Å²) in [6.07, 6.45) is 0. The van der Waals surface area contributed by atoms with Crippen molar-refractivity contribution in [3.05, 3.63) is 29.0 Å². The first-order valence-electron chi connectivity index (χ1n) is 6.16. The van der Waals surface area contributed by atoms with Crippen LogP contribution in [0.2, 0.25) is 5.02 Å². The number of carboxylic acid groups (broad SMARTS) is 1. The molecule has 3 N–H and O–H groups in total. The number of anilines is 1. The van der Waals surface area contributed by atoms with Crippen LogP contribution in [0.4, 0.5) is 14.9 Å². The predicted molar refractivity (Wildman–Crippen MR) is 73.9 cm³/mol. The lowest BCUT2D eigenvalue weighted by Gasteiger charge is -2.25. The summed E-state index contributed by atoms with van der Waals surface area (Å²) < 4.78 is 18.4. The molecule has 2 amide bonds. The highest BCUT2D eigenvalue weighted by molar-refractivity contribution is 6.30. The van der Waals surface area contributed by atoms with Crippen LogP contribution in [-0.4, -0.2) is 36.4 Å². The number of urea groups is 1. The summed E-state index contributed by atoms with van der Waals surface area (Å²) >= 11 is 5.54. The van der Waals surface area contributed by atoms with Crippen LogP contribution in [0.1, 0.15) is 6.92 Å². The Kier molecular flexibility index (Phi) is 4.34. The predicted octanol–water partition coefficient (Wildman–Crippen LogP) is 2.09. The Bertz CT molecular complexity index is 583. The number of carboxylic acids is 1. The Morgan fingerprint density at radius 3 is 2.86 bits per heavy atom. The highest BCUT2D eigenvalue weighted by atomic mass is 35.5. The van der Waals surface area contributed by atoms with Gasteiger partial charge in [0.1, 0.15) is 11.2 Å². The molecule has 1 aliphatic rings. The summed E-state index contributed by atoms with van der Waals surface area (Å²) in [6.45, 7) is 1.61. The van der Waals surface area contributed by atoms with Crippen molar-refractivity contribution in [1.29, 1.82) is 0 Å². The second kappa shape index (κ2) is 5.87. The van der Waals surface area contributed by atoms with Crippen molar-refractivity contribution in [3.8, 4) is 0 Å². The van der Waals surface area contributed by atoms with E-state index in [0.717, 1.165) is 6.07 Å². The molecule has 2 unspecified atom stereocenters. The Morgan fingerprint density at radius 1 is 1.52 bits per heavy atom. The normalized spacial score (nSPS) is 24.6. The lowest BCUT2D eigenvalue weighted by Crippen LogP contribution is -2.50. The number of hydrogen-bond donors (Lipinski definition) is 3. The summed E-state index contributed by atoms with van der Waals surface area (Å²) in [5.41, 5.74) is -0.979. The van der Waals surface area contributed by atoms with E-state index in [9.17, 15) is 19.1 Å². The van der Waals surface area contributed by atoms with Crippen LogP contribution >= 0.6 is 11.6 Å². The van der Waals surface area contributed by atoms with Crippen LogP contribution in [0.5, 0.6) is 0 Å². The number of ether oxygens (including phenoxy) is 1. The van der Waals surface area contributed by atoms with Crippen molar-refractivity contribution < 1.29 is 23.8 Å². The van der Waals surface area contributed by atoms with Crippen LogP contribution in [0.3, 0.4) is 0 Å². The molecule has 2 atom stereocenters. The third kappa shape index (κ3) is 3.25. The third-order valence-electron chi connectivity index (χ3n) is 3.43. The van der Waals surface area contributed by atoms with Gasteiger partial charge in [0.25, 0.3) is 0 Å². The Labute approximate surface area is 125 Å². The zero-order chi connectivity index (χ0) is 15.6. The maximum atomic E-state index is 13.3. The van der Waals surface area contributed by atoms with Gasteiger partial charge in [-0.05, 0) is 25.1 Å². The molecule has 1 aliphatic heterocycles. The molecular weight excluding hydrogens is 303 g/mol. The summed E-state index contributed by atoms with van der Waals surface area (Å²) in [5, 5.41) is 14.1. The van der Waals surface area contributed by atoms with Crippen LogP contribution in [0, 0.1) is 11.2 Å². The maximum absolute atomic E-state index is 13.3. The Hall–Kier alpha value is -1.86. The number of amides is 2. The third-order valence-corrected chi connectivity index (χ3v) is 3.73. The van der Waals surface area contributed by atoms with Gasteiger partial charge in [0.05, 0.1) is 24.3 Å². The molecule has 0 spiro atoms. The molecule has 0 saturated carbocycles. The zero-order valence-corrected chi connectivity index (χ0v) is 11.9. The number of hydrogen-bond acceptors (Lipinski definition) is 3. The molecular formula is C13H14ClFN2O4. The standard InChI is InChI=1S/C13H14ClFN2O4/c1-13(11(18)19)6-21-5-10(13)17-12(20)16-7-2-3-8(14)9(15)4-7/h2-4,10H,5-6H2,1H3,(H,18,19)(H2,16,17,20). The van der Waals surface area contributed by atoms with Gasteiger partial charge < -0.3 is 20.5 Å². The minimum Gasteiger partial charge on any atom is -0.481 e. The SMILES string of the molecule is CC1(C(=O)O)COCC1NC(=O)Nc1ccc(Cl)c(F)c1. The number of carbonyl (C=O) groups excluding carboxylic acids is 1. The molecule has 21 heavy (non-hydrogen) atoms. The maximum Gasteiger partial charge on any atom is 0.319 e. The molecule has 114 valence electrons. The van der Waals surface area contributed by atoms with E-state index in [-0.39, 0.29) is 23.9 Å². The summed E-state index contributed by atoms with van der Waals surface area (Å²) in [7, 11) is 0. The van der Waals surface area contributed by atoms with Crippen molar-refractivity contribution in [2.24, 2.45) is 5.41 Å². The highest BCUT2D eigenvalue weighted by Gasteiger charge is 2.47. The summed E-state index contributed by atoms with van der Waals surface area (Å²) in [4.78, 5) is 23.1. The second-order valence-corrected chi connectivity index (χ2v) is 5.42. The van der Waals surface area contributed by atoms with Gasteiger partial charge in [0.2, 0.25) is 0 Å². The molecule has 1 saturated heterocycles. The van der Waals surface area contributed by atoms with Gasteiger partial charge >= 0.3 is 12.0 Å². The Balaban J connectivity index is 2.01. The molecule has 0 bridgehead atoms. The van der Waals surface area contributed by atoms with E-state index in [1.54, 1.807) is 0 Å².